The summed E-state index contributed by atoms with van der Waals surface area (Å²) in [6.07, 6.45) is 8.29. The van der Waals surface area contributed by atoms with E-state index in [0.29, 0.717) is 18.6 Å². The molecule has 1 atom stereocenters. The number of para-hydroxylation sites is 2. The number of ether oxygens (including phenoxy) is 1. The Balaban J connectivity index is 1.47. The molecular weight excluding hydrogens is 390 g/mol. The standard InChI is InChI=1S/C24H25N5O2/c1-28-15-14-25-24(28)23(20-10-6-7-11-21(20)31-2)27-22(30)13-12-18-16-26-29(17-18)19-8-4-3-5-9-19/h3-11,14-17,23H,12-13H2,1-2H3,(H,27,30). The van der Waals surface area contributed by atoms with Crippen LogP contribution in [0.4, 0.5) is 0 Å². The van der Waals surface area contributed by atoms with Gasteiger partial charge in [0.2, 0.25) is 5.91 Å². The summed E-state index contributed by atoms with van der Waals surface area (Å²) in [7, 11) is 3.54. The molecule has 0 saturated carbocycles. The molecule has 0 aliphatic carbocycles. The minimum Gasteiger partial charge on any atom is -0.496 e. The van der Waals surface area contributed by atoms with Crippen molar-refractivity contribution in [1.82, 2.24) is 24.6 Å². The van der Waals surface area contributed by atoms with Crippen LogP contribution in [0.5, 0.6) is 5.75 Å². The molecule has 4 aromatic rings. The maximum Gasteiger partial charge on any atom is 0.221 e. The quantitative estimate of drug-likeness (QED) is 0.478. The van der Waals surface area contributed by atoms with Gasteiger partial charge in [-0.2, -0.15) is 5.10 Å². The van der Waals surface area contributed by atoms with Crippen molar-refractivity contribution in [2.75, 3.05) is 7.11 Å². The predicted octanol–water partition coefficient (Wildman–Crippen LogP) is 3.45. The van der Waals surface area contributed by atoms with Gasteiger partial charge in [0.05, 0.1) is 19.0 Å². The van der Waals surface area contributed by atoms with Gasteiger partial charge in [0, 0.05) is 37.6 Å². The Kier molecular flexibility index (Phi) is 6.12. The van der Waals surface area contributed by atoms with Gasteiger partial charge in [0.25, 0.3) is 0 Å². The zero-order chi connectivity index (χ0) is 21.6. The zero-order valence-corrected chi connectivity index (χ0v) is 17.6. The van der Waals surface area contributed by atoms with Gasteiger partial charge in [-0.3, -0.25) is 4.79 Å². The molecule has 0 spiro atoms. The molecule has 0 fully saturated rings. The SMILES string of the molecule is COc1ccccc1C(NC(=O)CCc1cnn(-c2ccccc2)c1)c1nccn1C. The van der Waals surface area contributed by atoms with Crippen molar-refractivity contribution in [3.8, 4) is 11.4 Å². The van der Waals surface area contributed by atoms with Crippen molar-refractivity contribution < 1.29 is 9.53 Å². The number of hydrogen-bond donors (Lipinski definition) is 1. The number of aryl methyl sites for hydroxylation is 2. The minimum absolute atomic E-state index is 0.0635. The summed E-state index contributed by atoms with van der Waals surface area (Å²) in [5, 5.41) is 7.53. The van der Waals surface area contributed by atoms with Gasteiger partial charge in [0.15, 0.2) is 0 Å². The van der Waals surface area contributed by atoms with E-state index in [0.717, 1.165) is 22.6 Å². The molecule has 0 bridgehead atoms. The van der Waals surface area contributed by atoms with E-state index >= 15 is 0 Å². The van der Waals surface area contributed by atoms with Crippen LogP contribution in [0.3, 0.4) is 0 Å². The van der Waals surface area contributed by atoms with Gasteiger partial charge in [0.1, 0.15) is 17.6 Å². The molecule has 31 heavy (non-hydrogen) atoms. The average molecular weight is 415 g/mol. The van der Waals surface area contributed by atoms with Crippen LogP contribution in [0.1, 0.15) is 29.4 Å². The molecule has 0 saturated heterocycles. The predicted molar refractivity (Wildman–Crippen MR) is 118 cm³/mol. The number of hydrogen-bond acceptors (Lipinski definition) is 4. The molecular formula is C24H25N5O2. The molecule has 1 amide bonds. The third-order valence-electron chi connectivity index (χ3n) is 5.17. The Morgan fingerprint density at radius 1 is 1.13 bits per heavy atom. The molecule has 1 N–H and O–H groups in total. The lowest BCUT2D eigenvalue weighted by atomic mass is 10.0. The van der Waals surface area contributed by atoms with Crippen molar-refractivity contribution in [3.05, 3.63) is 96.3 Å². The fraction of sp³-hybridized carbons (Fsp3) is 0.208. The largest absolute Gasteiger partial charge is 0.496 e. The summed E-state index contributed by atoms with van der Waals surface area (Å²) >= 11 is 0. The molecule has 0 radical (unpaired) electrons. The molecule has 7 nitrogen and oxygen atoms in total. The lowest BCUT2D eigenvalue weighted by molar-refractivity contribution is -0.121. The highest BCUT2D eigenvalue weighted by molar-refractivity contribution is 5.77. The Hall–Kier alpha value is -3.87. The molecule has 7 heteroatoms. The summed E-state index contributed by atoms with van der Waals surface area (Å²) in [5.74, 6) is 1.39. The van der Waals surface area contributed by atoms with Crippen LogP contribution >= 0.6 is 0 Å². The second-order valence-electron chi connectivity index (χ2n) is 7.27. The van der Waals surface area contributed by atoms with Crippen molar-refractivity contribution in [2.45, 2.75) is 18.9 Å². The molecule has 2 aromatic heterocycles. The Morgan fingerprint density at radius 3 is 2.65 bits per heavy atom. The summed E-state index contributed by atoms with van der Waals surface area (Å²) in [6.45, 7) is 0. The highest BCUT2D eigenvalue weighted by atomic mass is 16.5. The van der Waals surface area contributed by atoms with Crippen LogP contribution in [-0.4, -0.2) is 32.3 Å². The van der Waals surface area contributed by atoms with Crippen LogP contribution in [0.15, 0.2) is 79.4 Å². The number of nitrogens with zero attached hydrogens (tertiary/aromatic N) is 4. The molecule has 4 rings (SSSR count). The Morgan fingerprint density at radius 2 is 1.90 bits per heavy atom. The zero-order valence-electron chi connectivity index (χ0n) is 17.6. The summed E-state index contributed by atoms with van der Waals surface area (Å²) < 4.78 is 9.24. The topological polar surface area (TPSA) is 74.0 Å². The molecule has 2 aromatic carbocycles. The number of rotatable bonds is 8. The smallest absolute Gasteiger partial charge is 0.221 e. The normalized spacial score (nSPS) is 11.8. The number of imidazole rings is 1. The second-order valence-corrected chi connectivity index (χ2v) is 7.27. The molecule has 1 unspecified atom stereocenters. The van der Waals surface area contributed by atoms with Gasteiger partial charge >= 0.3 is 0 Å². The van der Waals surface area contributed by atoms with Gasteiger partial charge in [-0.25, -0.2) is 9.67 Å². The number of methoxy groups -OCH3 is 1. The minimum atomic E-state index is -0.407. The van der Waals surface area contributed by atoms with E-state index in [9.17, 15) is 4.79 Å². The van der Waals surface area contributed by atoms with Crippen LogP contribution in [-0.2, 0) is 18.3 Å². The van der Waals surface area contributed by atoms with Gasteiger partial charge in [-0.15, -0.1) is 0 Å². The fourth-order valence-corrected chi connectivity index (χ4v) is 3.54. The molecule has 0 aliphatic rings. The lowest BCUT2D eigenvalue weighted by Crippen LogP contribution is -2.31. The molecule has 0 aliphatic heterocycles. The number of aromatic nitrogens is 4. The van der Waals surface area contributed by atoms with Crippen LogP contribution in [0.2, 0.25) is 0 Å². The van der Waals surface area contributed by atoms with Crippen molar-refractivity contribution in [2.24, 2.45) is 7.05 Å². The number of benzene rings is 2. The first kappa shape index (κ1) is 20.4. The third-order valence-corrected chi connectivity index (χ3v) is 5.17. The fourth-order valence-electron chi connectivity index (χ4n) is 3.54. The van der Waals surface area contributed by atoms with Crippen molar-refractivity contribution in [3.63, 3.8) is 0 Å². The number of nitrogens with one attached hydrogen (secondary N) is 1. The van der Waals surface area contributed by atoms with Crippen molar-refractivity contribution in [1.29, 1.82) is 0 Å². The first-order chi connectivity index (χ1) is 15.2. The van der Waals surface area contributed by atoms with E-state index in [1.54, 1.807) is 19.5 Å². The van der Waals surface area contributed by atoms with E-state index < -0.39 is 6.04 Å². The average Bonchev–Trinajstić information content (AvgIpc) is 3.46. The number of carbonyl (C=O) groups is 1. The molecule has 2 heterocycles. The van der Waals surface area contributed by atoms with Gasteiger partial charge in [-0.1, -0.05) is 36.4 Å². The number of amides is 1. The van der Waals surface area contributed by atoms with Crippen LogP contribution in [0, 0.1) is 0 Å². The highest BCUT2D eigenvalue weighted by Gasteiger charge is 2.23. The third kappa shape index (κ3) is 4.66. The molecule has 158 valence electrons. The Labute approximate surface area is 181 Å². The van der Waals surface area contributed by atoms with E-state index in [1.807, 2.05) is 83.3 Å². The first-order valence-corrected chi connectivity index (χ1v) is 10.1. The van der Waals surface area contributed by atoms with Crippen molar-refractivity contribution >= 4 is 5.91 Å². The van der Waals surface area contributed by atoms with E-state index in [4.69, 9.17) is 4.74 Å². The maximum absolute atomic E-state index is 12.9. The van der Waals surface area contributed by atoms with Crippen LogP contribution in [0.25, 0.3) is 5.69 Å². The summed E-state index contributed by atoms with van der Waals surface area (Å²) in [4.78, 5) is 17.3. The number of carbonyl (C=O) groups excluding carboxylic acids is 1. The monoisotopic (exact) mass is 415 g/mol. The first-order valence-electron chi connectivity index (χ1n) is 10.1. The second kappa shape index (κ2) is 9.30. The lowest BCUT2D eigenvalue weighted by Gasteiger charge is -2.21. The summed E-state index contributed by atoms with van der Waals surface area (Å²) in [5.41, 5.74) is 2.86. The van der Waals surface area contributed by atoms with Gasteiger partial charge in [-0.05, 0) is 30.2 Å². The maximum atomic E-state index is 12.9. The van der Waals surface area contributed by atoms with E-state index in [-0.39, 0.29) is 5.91 Å². The Bertz CT molecular complexity index is 1150. The summed E-state index contributed by atoms with van der Waals surface area (Å²) in [6, 6.07) is 17.2. The van der Waals surface area contributed by atoms with E-state index in [1.165, 1.54) is 0 Å². The van der Waals surface area contributed by atoms with E-state index in [2.05, 4.69) is 15.4 Å². The van der Waals surface area contributed by atoms with Crippen LogP contribution < -0.4 is 10.1 Å². The van der Waals surface area contributed by atoms with Gasteiger partial charge < -0.3 is 14.6 Å². The highest BCUT2D eigenvalue weighted by Crippen LogP contribution is 2.29.